The maximum Gasteiger partial charge on any atom is 0.338 e. The molecule has 0 aliphatic heterocycles. The molecule has 4 nitrogen and oxygen atoms in total. The summed E-state index contributed by atoms with van der Waals surface area (Å²) in [5, 5.41) is 0.538. The summed E-state index contributed by atoms with van der Waals surface area (Å²) in [5.41, 5.74) is 2.34. The molecule has 5 heteroatoms. The van der Waals surface area contributed by atoms with Crippen LogP contribution in [0.3, 0.4) is 0 Å². The first-order valence-corrected chi connectivity index (χ1v) is 7.16. The fourth-order valence-corrected chi connectivity index (χ4v) is 2.46. The van der Waals surface area contributed by atoms with Crippen molar-refractivity contribution in [1.82, 2.24) is 0 Å². The van der Waals surface area contributed by atoms with Crippen molar-refractivity contribution in [2.24, 2.45) is 0 Å². The number of benzene rings is 1. The van der Waals surface area contributed by atoms with Crippen molar-refractivity contribution in [3.05, 3.63) is 34.9 Å². The van der Waals surface area contributed by atoms with Crippen LogP contribution in [0.2, 0.25) is 0 Å². The molecule has 0 saturated heterocycles. The van der Waals surface area contributed by atoms with Crippen LogP contribution in [-0.2, 0) is 26.0 Å². The number of carbonyl (C=O) groups excluding carboxylic acids is 2. The summed E-state index contributed by atoms with van der Waals surface area (Å²) < 4.78 is 9.64. The van der Waals surface area contributed by atoms with Crippen LogP contribution in [0.25, 0.3) is 0 Å². The Kier molecular flexibility index (Phi) is 6.56. The molecule has 0 radical (unpaired) electrons. The van der Waals surface area contributed by atoms with E-state index in [1.807, 2.05) is 6.07 Å². The molecule has 0 amide bonds. The number of ether oxygens (including phenoxy) is 2. The van der Waals surface area contributed by atoms with E-state index in [1.165, 1.54) is 7.11 Å². The lowest BCUT2D eigenvalue weighted by molar-refractivity contribution is -0.143. The Hall–Kier alpha value is -1.36. The van der Waals surface area contributed by atoms with Crippen molar-refractivity contribution in [2.75, 3.05) is 13.7 Å². The second-order valence-corrected chi connectivity index (χ2v) is 4.43. The SMILES string of the molecule is CCOC(=O)CCc1cccc(C(=O)OC)c1CBr. The molecular weight excluding hydrogens is 312 g/mol. The molecule has 0 unspecified atom stereocenters. The summed E-state index contributed by atoms with van der Waals surface area (Å²) in [4.78, 5) is 23.0. The maximum atomic E-state index is 11.7. The Morgan fingerprint density at radius 1 is 1.32 bits per heavy atom. The quantitative estimate of drug-likeness (QED) is 0.595. The normalized spacial score (nSPS) is 10.1. The lowest BCUT2D eigenvalue weighted by Gasteiger charge is -2.11. The van der Waals surface area contributed by atoms with Gasteiger partial charge in [-0.25, -0.2) is 4.79 Å². The van der Waals surface area contributed by atoms with Gasteiger partial charge in [0.05, 0.1) is 19.3 Å². The van der Waals surface area contributed by atoms with Crippen LogP contribution in [0.5, 0.6) is 0 Å². The molecule has 1 rings (SSSR count). The van der Waals surface area contributed by atoms with Crippen LogP contribution in [-0.4, -0.2) is 25.7 Å². The van der Waals surface area contributed by atoms with E-state index in [0.717, 1.165) is 11.1 Å². The minimum atomic E-state index is -0.368. The van der Waals surface area contributed by atoms with Crippen molar-refractivity contribution in [3.8, 4) is 0 Å². The van der Waals surface area contributed by atoms with E-state index in [9.17, 15) is 9.59 Å². The third-order valence-electron chi connectivity index (χ3n) is 2.72. The molecule has 0 spiro atoms. The fraction of sp³-hybridized carbons (Fsp3) is 0.429. The highest BCUT2D eigenvalue weighted by molar-refractivity contribution is 9.08. The molecule has 0 aliphatic rings. The third-order valence-corrected chi connectivity index (χ3v) is 3.28. The molecule has 104 valence electrons. The predicted molar refractivity (Wildman–Crippen MR) is 75.4 cm³/mol. The zero-order chi connectivity index (χ0) is 14.3. The molecule has 0 saturated carbocycles. The molecule has 1 aromatic rings. The average Bonchev–Trinajstić information content (AvgIpc) is 2.44. The molecule has 0 aromatic heterocycles. The van der Waals surface area contributed by atoms with Crippen LogP contribution in [0.1, 0.15) is 34.8 Å². The van der Waals surface area contributed by atoms with Gasteiger partial charge in [0.2, 0.25) is 0 Å². The van der Waals surface area contributed by atoms with Gasteiger partial charge in [-0.15, -0.1) is 0 Å². The molecule has 0 atom stereocenters. The summed E-state index contributed by atoms with van der Waals surface area (Å²) in [6.45, 7) is 2.16. The second kappa shape index (κ2) is 7.94. The van der Waals surface area contributed by atoms with E-state index in [0.29, 0.717) is 30.3 Å². The van der Waals surface area contributed by atoms with Gasteiger partial charge in [-0.05, 0) is 30.5 Å². The highest BCUT2D eigenvalue weighted by Gasteiger charge is 2.15. The lowest BCUT2D eigenvalue weighted by Crippen LogP contribution is -2.09. The number of aryl methyl sites for hydroxylation is 1. The summed E-state index contributed by atoms with van der Waals surface area (Å²) in [6, 6.07) is 5.41. The topological polar surface area (TPSA) is 52.6 Å². The molecule has 19 heavy (non-hydrogen) atoms. The maximum absolute atomic E-state index is 11.7. The molecule has 0 heterocycles. The smallest absolute Gasteiger partial charge is 0.338 e. The Labute approximate surface area is 121 Å². The predicted octanol–water partition coefficient (Wildman–Crippen LogP) is 2.86. The molecule has 0 aliphatic carbocycles. The van der Waals surface area contributed by atoms with Crippen LogP contribution >= 0.6 is 15.9 Å². The van der Waals surface area contributed by atoms with Gasteiger partial charge < -0.3 is 9.47 Å². The number of alkyl halides is 1. The van der Waals surface area contributed by atoms with Gasteiger partial charge in [0.15, 0.2) is 0 Å². The van der Waals surface area contributed by atoms with Crippen LogP contribution < -0.4 is 0 Å². The molecule has 0 bridgehead atoms. The average molecular weight is 329 g/mol. The van der Waals surface area contributed by atoms with Gasteiger partial charge in [0, 0.05) is 11.8 Å². The van der Waals surface area contributed by atoms with Gasteiger partial charge in [-0.3, -0.25) is 4.79 Å². The van der Waals surface area contributed by atoms with Crippen molar-refractivity contribution in [1.29, 1.82) is 0 Å². The Bertz CT molecular complexity index is 457. The van der Waals surface area contributed by atoms with Crippen molar-refractivity contribution in [2.45, 2.75) is 25.1 Å². The van der Waals surface area contributed by atoms with Crippen molar-refractivity contribution < 1.29 is 19.1 Å². The molecular formula is C14H17BrO4. The van der Waals surface area contributed by atoms with E-state index in [2.05, 4.69) is 15.9 Å². The first-order chi connectivity index (χ1) is 9.13. The minimum Gasteiger partial charge on any atom is -0.466 e. The molecule has 0 fully saturated rings. The van der Waals surface area contributed by atoms with E-state index in [4.69, 9.17) is 9.47 Å². The van der Waals surface area contributed by atoms with Crippen molar-refractivity contribution in [3.63, 3.8) is 0 Å². The number of halogens is 1. The summed E-state index contributed by atoms with van der Waals surface area (Å²) in [7, 11) is 1.35. The van der Waals surface area contributed by atoms with E-state index in [1.54, 1.807) is 19.1 Å². The second-order valence-electron chi connectivity index (χ2n) is 3.87. The summed E-state index contributed by atoms with van der Waals surface area (Å²) in [6.07, 6.45) is 0.850. The number of methoxy groups -OCH3 is 1. The third kappa shape index (κ3) is 4.35. The number of hydrogen-bond donors (Lipinski definition) is 0. The van der Waals surface area contributed by atoms with Crippen molar-refractivity contribution >= 4 is 27.9 Å². The van der Waals surface area contributed by atoms with Gasteiger partial charge in [0.1, 0.15) is 0 Å². The largest absolute Gasteiger partial charge is 0.466 e. The Balaban J connectivity index is 2.89. The fourth-order valence-electron chi connectivity index (χ4n) is 1.80. The van der Waals surface area contributed by atoms with Crippen LogP contribution in [0.4, 0.5) is 0 Å². The Morgan fingerprint density at radius 3 is 2.63 bits per heavy atom. The van der Waals surface area contributed by atoms with Gasteiger partial charge in [-0.2, -0.15) is 0 Å². The number of hydrogen-bond acceptors (Lipinski definition) is 4. The van der Waals surface area contributed by atoms with E-state index >= 15 is 0 Å². The summed E-state index contributed by atoms with van der Waals surface area (Å²) >= 11 is 3.37. The highest BCUT2D eigenvalue weighted by Crippen LogP contribution is 2.20. The van der Waals surface area contributed by atoms with Gasteiger partial charge >= 0.3 is 11.9 Å². The number of rotatable bonds is 6. The molecule has 0 N–H and O–H groups in total. The lowest BCUT2D eigenvalue weighted by atomic mass is 9.99. The van der Waals surface area contributed by atoms with Crippen LogP contribution in [0, 0.1) is 0 Å². The first kappa shape index (κ1) is 15.7. The highest BCUT2D eigenvalue weighted by atomic mass is 79.9. The van der Waals surface area contributed by atoms with E-state index in [-0.39, 0.29) is 11.9 Å². The molecule has 1 aromatic carbocycles. The van der Waals surface area contributed by atoms with E-state index < -0.39 is 0 Å². The number of esters is 2. The zero-order valence-electron chi connectivity index (χ0n) is 11.1. The van der Waals surface area contributed by atoms with Gasteiger partial charge in [0.25, 0.3) is 0 Å². The number of carbonyl (C=O) groups is 2. The Morgan fingerprint density at radius 2 is 2.05 bits per heavy atom. The first-order valence-electron chi connectivity index (χ1n) is 6.04. The summed E-state index contributed by atoms with van der Waals surface area (Å²) in [5.74, 6) is -0.598. The zero-order valence-corrected chi connectivity index (χ0v) is 12.7. The van der Waals surface area contributed by atoms with Gasteiger partial charge in [-0.1, -0.05) is 28.1 Å². The monoisotopic (exact) mass is 328 g/mol. The van der Waals surface area contributed by atoms with Crippen LogP contribution in [0.15, 0.2) is 18.2 Å². The standard InChI is InChI=1S/C14H17BrO4/c1-3-19-13(16)8-7-10-5-4-6-11(12(10)9-15)14(17)18-2/h4-6H,3,7-9H2,1-2H3. The minimum absolute atomic E-state index is 0.230.